The van der Waals surface area contributed by atoms with Gasteiger partial charge in [-0.2, -0.15) is 0 Å². The zero-order chi connectivity index (χ0) is 15.8. The zero-order valence-corrected chi connectivity index (χ0v) is 14.9. The fraction of sp³-hybridized carbons (Fsp3) is 0.737. The molecule has 0 radical (unpaired) electrons. The van der Waals surface area contributed by atoms with E-state index in [-0.39, 0.29) is 0 Å². The van der Waals surface area contributed by atoms with Gasteiger partial charge in [-0.05, 0) is 81.8 Å². The quantitative estimate of drug-likeness (QED) is 0.907. The SMILES string of the molecule is CC(C)(O)C1CC2(CC(N3c4ncccc4S[C@H]3C3CC3)C2)C1. The van der Waals surface area contributed by atoms with Crippen LogP contribution >= 0.6 is 11.8 Å². The van der Waals surface area contributed by atoms with Gasteiger partial charge < -0.3 is 10.0 Å². The zero-order valence-electron chi connectivity index (χ0n) is 14.0. The molecule has 0 amide bonds. The maximum atomic E-state index is 10.2. The standard InChI is InChI=1S/C19H26N2OS/c1-18(2,22)13-8-19(9-13)10-14(11-19)21-16-15(4-3-7-20-16)23-17(21)12-5-6-12/h3-4,7,12-14,17,22H,5-6,8-11H2,1-2H3/t13?,14?,17-,19?/m0/s1. The van der Waals surface area contributed by atoms with Gasteiger partial charge in [0.2, 0.25) is 0 Å². The summed E-state index contributed by atoms with van der Waals surface area (Å²) < 4.78 is 0. The van der Waals surface area contributed by atoms with Gasteiger partial charge >= 0.3 is 0 Å². The van der Waals surface area contributed by atoms with Crippen molar-refractivity contribution in [3.05, 3.63) is 18.3 Å². The van der Waals surface area contributed by atoms with Crippen molar-refractivity contribution in [2.24, 2.45) is 17.3 Å². The minimum Gasteiger partial charge on any atom is -0.390 e. The van der Waals surface area contributed by atoms with Crippen molar-refractivity contribution in [1.29, 1.82) is 0 Å². The summed E-state index contributed by atoms with van der Waals surface area (Å²) in [5, 5.41) is 10.8. The van der Waals surface area contributed by atoms with E-state index in [9.17, 15) is 5.11 Å². The molecule has 0 saturated heterocycles. The molecule has 3 fully saturated rings. The number of hydrogen-bond acceptors (Lipinski definition) is 4. The molecule has 0 unspecified atom stereocenters. The second-order valence-corrected chi connectivity index (χ2v) is 10.1. The molecule has 1 aromatic heterocycles. The minimum atomic E-state index is -0.496. The number of anilines is 1. The lowest BCUT2D eigenvalue weighted by Crippen LogP contribution is -2.60. The molecule has 1 aromatic rings. The van der Waals surface area contributed by atoms with E-state index >= 15 is 0 Å². The Morgan fingerprint density at radius 2 is 2.00 bits per heavy atom. The first-order chi connectivity index (χ1) is 11.0. The number of aliphatic hydroxyl groups is 1. The summed E-state index contributed by atoms with van der Waals surface area (Å²) in [6.45, 7) is 3.95. The van der Waals surface area contributed by atoms with E-state index in [1.165, 1.54) is 49.2 Å². The molecular weight excluding hydrogens is 304 g/mol. The molecule has 1 aliphatic heterocycles. The Balaban J connectivity index is 1.31. The van der Waals surface area contributed by atoms with E-state index in [1.807, 2.05) is 31.8 Å². The average Bonchev–Trinajstić information content (AvgIpc) is 3.17. The van der Waals surface area contributed by atoms with Crippen molar-refractivity contribution in [2.45, 2.75) is 74.3 Å². The number of fused-ring (bicyclic) bond motifs is 1. The minimum absolute atomic E-state index is 0.496. The number of aromatic nitrogens is 1. The third-order valence-corrected chi connectivity index (χ3v) is 8.06. The molecule has 0 aromatic carbocycles. The van der Waals surface area contributed by atoms with E-state index in [4.69, 9.17) is 4.98 Å². The summed E-state index contributed by atoms with van der Waals surface area (Å²) in [5.41, 5.74) is 0.0379. The first kappa shape index (κ1) is 14.6. The van der Waals surface area contributed by atoms with Crippen LogP contribution in [-0.2, 0) is 0 Å². The van der Waals surface area contributed by atoms with Gasteiger partial charge in [-0.3, -0.25) is 0 Å². The van der Waals surface area contributed by atoms with Crippen molar-refractivity contribution in [2.75, 3.05) is 4.90 Å². The molecule has 3 aliphatic carbocycles. The van der Waals surface area contributed by atoms with Crippen molar-refractivity contribution >= 4 is 17.6 Å². The van der Waals surface area contributed by atoms with Crippen LogP contribution in [0.25, 0.3) is 0 Å². The Bertz CT molecular complexity index is 623. The van der Waals surface area contributed by atoms with Gasteiger partial charge in [0, 0.05) is 12.2 Å². The van der Waals surface area contributed by atoms with E-state index in [0.29, 0.717) is 22.7 Å². The lowest BCUT2D eigenvalue weighted by Gasteiger charge is -2.62. The van der Waals surface area contributed by atoms with Crippen LogP contribution in [0.15, 0.2) is 23.2 Å². The fourth-order valence-corrected chi connectivity index (χ4v) is 6.55. The Hall–Kier alpha value is -0.740. The van der Waals surface area contributed by atoms with Gasteiger partial charge in [0.05, 0.1) is 15.9 Å². The summed E-state index contributed by atoms with van der Waals surface area (Å²) in [7, 11) is 0. The molecule has 1 spiro atoms. The summed E-state index contributed by atoms with van der Waals surface area (Å²) in [6, 6.07) is 4.98. The second kappa shape index (κ2) is 4.66. The predicted molar refractivity (Wildman–Crippen MR) is 93.6 cm³/mol. The highest BCUT2D eigenvalue weighted by Gasteiger charge is 2.59. The Labute approximate surface area is 142 Å². The van der Waals surface area contributed by atoms with Crippen LogP contribution in [0.5, 0.6) is 0 Å². The molecule has 5 rings (SSSR count). The highest BCUT2D eigenvalue weighted by atomic mass is 32.2. The molecule has 4 heteroatoms. The first-order valence-electron chi connectivity index (χ1n) is 9.08. The Morgan fingerprint density at radius 1 is 1.26 bits per heavy atom. The summed E-state index contributed by atoms with van der Waals surface area (Å²) in [6.07, 6.45) is 9.78. The first-order valence-corrected chi connectivity index (χ1v) is 9.96. The third-order valence-electron chi connectivity index (χ3n) is 6.63. The molecule has 1 N–H and O–H groups in total. The predicted octanol–water partition coefficient (Wildman–Crippen LogP) is 4.06. The van der Waals surface area contributed by atoms with Crippen molar-refractivity contribution in [3.63, 3.8) is 0 Å². The summed E-state index contributed by atoms with van der Waals surface area (Å²) in [4.78, 5) is 8.76. The molecule has 23 heavy (non-hydrogen) atoms. The van der Waals surface area contributed by atoms with Crippen molar-refractivity contribution in [1.82, 2.24) is 4.98 Å². The molecule has 2 heterocycles. The number of rotatable bonds is 3. The fourth-order valence-electron chi connectivity index (χ4n) is 5.02. The number of nitrogens with zero attached hydrogens (tertiary/aromatic N) is 2. The molecule has 3 saturated carbocycles. The largest absolute Gasteiger partial charge is 0.390 e. The molecule has 0 bridgehead atoms. The maximum Gasteiger partial charge on any atom is 0.143 e. The van der Waals surface area contributed by atoms with Crippen LogP contribution in [0.2, 0.25) is 0 Å². The lowest BCUT2D eigenvalue weighted by molar-refractivity contribution is -0.125. The van der Waals surface area contributed by atoms with Crippen LogP contribution < -0.4 is 4.90 Å². The van der Waals surface area contributed by atoms with E-state index in [1.54, 1.807) is 0 Å². The average molecular weight is 330 g/mol. The van der Waals surface area contributed by atoms with Crippen LogP contribution in [0.1, 0.15) is 52.4 Å². The van der Waals surface area contributed by atoms with Crippen LogP contribution in [0.3, 0.4) is 0 Å². The number of pyridine rings is 1. The molecule has 4 aliphatic rings. The third kappa shape index (κ3) is 2.25. The van der Waals surface area contributed by atoms with Gasteiger partial charge in [0.15, 0.2) is 0 Å². The second-order valence-electron chi connectivity index (χ2n) is 8.90. The number of hydrogen-bond donors (Lipinski definition) is 1. The molecule has 1 atom stereocenters. The Morgan fingerprint density at radius 3 is 2.65 bits per heavy atom. The normalized spacial score (nSPS) is 39.1. The lowest BCUT2D eigenvalue weighted by atomic mass is 9.47. The van der Waals surface area contributed by atoms with Gasteiger partial charge in [-0.15, -0.1) is 0 Å². The van der Waals surface area contributed by atoms with Crippen LogP contribution in [-0.4, -0.2) is 27.1 Å². The highest BCUT2D eigenvalue weighted by Crippen LogP contribution is 2.64. The van der Waals surface area contributed by atoms with Gasteiger partial charge in [-0.25, -0.2) is 4.98 Å². The van der Waals surface area contributed by atoms with Crippen LogP contribution in [0.4, 0.5) is 5.82 Å². The van der Waals surface area contributed by atoms with E-state index in [2.05, 4.69) is 17.0 Å². The summed E-state index contributed by atoms with van der Waals surface area (Å²) in [5.74, 6) is 2.62. The van der Waals surface area contributed by atoms with E-state index < -0.39 is 5.60 Å². The van der Waals surface area contributed by atoms with Crippen LogP contribution in [0, 0.1) is 17.3 Å². The van der Waals surface area contributed by atoms with E-state index in [0.717, 1.165) is 5.92 Å². The summed E-state index contributed by atoms with van der Waals surface area (Å²) >= 11 is 2.05. The maximum absolute atomic E-state index is 10.2. The molecule has 124 valence electrons. The van der Waals surface area contributed by atoms with Gasteiger partial charge in [0.1, 0.15) is 5.82 Å². The molecule has 3 nitrogen and oxygen atoms in total. The highest BCUT2D eigenvalue weighted by molar-refractivity contribution is 8.00. The molecular formula is C19H26N2OS. The Kier molecular flexibility index (Phi) is 2.96. The van der Waals surface area contributed by atoms with Crippen molar-refractivity contribution < 1.29 is 5.11 Å². The smallest absolute Gasteiger partial charge is 0.143 e. The monoisotopic (exact) mass is 330 g/mol. The topological polar surface area (TPSA) is 36.4 Å². The van der Waals surface area contributed by atoms with Gasteiger partial charge in [-0.1, -0.05) is 11.8 Å². The van der Waals surface area contributed by atoms with Crippen molar-refractivity contribution in [3.8, 4) is 0 Å². The number of thioether (sulfide) groups is 1. The van der Waals surface area contributed by atoms with Gasteiger partial charge in [0.25, 0.3) is 0 Å².